The van der Waals surface area contributed by atoms with Crippen LogP contribution in [0.3, 0.4) is 0 Å². The maximum Gasteiger partial charge on any atom is 0.0833 e. The molecule has 0 aromatic heterocycles. The van der Waals surface area contributed by atoms with E-state index in [2.05, 4.69) is 11.9 Å². The lowest BCUT2D eigenvalue weighted by atomic mass is 9.73. The van der Waals surface area contributed by atoms with Gasteiger partial charge in [-0.1, -0.05) is 6.08 Å². The number of hydrogen-bond donors (Lipinski definition) is 1. The molecule has 0 aliphatic heterocycles. The molecule has 2 heteroatoms. The zero-order valence-corrected chi connectivity index (χ0v) is 8.10. The molecule has 1 fully saturated rings. The lowest BCUT2D eigenvalue weighted by Gasteiger charge is -2.46. The number of likely N-dealkylation sites (N-methyl/N-ethyl adjacent to an activating group) is 1. The van der Waals surface area contributed by atoms with Crippen molar-refractivity contribution in [3.63, 3.8) is 0 Å². The molecule has 0 bridgehead atoms. The fraction of sp³-hybridized carbons (Fsp3) is 0.800. The van der Waals surface area contributed by atoms with Crippen molar-refractivity contribution < 1.29 is 4.74 Å². The zero-order chi connectivity index (χ0) is 9.03. The first-order valence-corrected chi connectivity index (χ1v) is 4.62. The molecule has 0 radical (unpaired) electrons. The van der Waals surface area contributed by atoms with Gasteiger partial charge in [0.25, 0.3) is 0 Å². The highest BCUT2D eigenvalue weighted by Crippen LogP contribution is 2.39. The summed E-state index contributed by atoms with van der Waals surface area (Å²) in [7, 11) is 3.81. The SMILES string of the molecule is C=CCC(NC)C1(OC)CCC1. The van der Waals surface area contributed by atoms with Crippen LogP contribution in [-0.2, 0) is 4.74 Å². The van der Waals surface area contributed by atoms with Gasteiger partial charge in [-0.25, -0.2) is 0 Å². The zero-order valence-electron chi connectivity index (χ0n) is 8.10. The molecule has 0 aromatic rings. The second kappa shape index (κ2) is 4.06. The average Bonchev–Trinajstić information content (AvgIpc) is 2.02. The summed E-state index contributed by atoms with van der Waals surface area (Å²) >= 11 is 0. The normalized spacial score (nSPS) is 22.8. The summed E-state index contributed by atoms with van der Waals surface area (Å²) in [6.07, 6.45) is 6.61. The molecule has 0 aromatic carbocycles. The molecule has 70 valence electrons. The third kappa shape index (κ3) is 1.54. The second-order valence-corrected chi connectivity index (χ2v) is 3.49. The minimum Gasteiger partial charge on any atom is -0.377 e. The highest BCUT2D eigenvalue weighted by molar-refractivity contribution is 5.01. The topological polar surface area (TPSA) is 21.3 Å². The van der Waals surface area contributed by atoms with Crippen LogP contribution in [0.25, 0.3) is 0 Å². The summed E-state index contributed by atoms with van der Waals surface area (Å²) < 4.78 is 5.57. The maximum absolute atomic E-state index is 5.57. The van der Waals surface area contributed by atoms with E-state index in [1.54, 1.807) is 0 Å². The van der Waals surface area contributed by atoms with Gasteiger partial charge in [-0.05, 0) is 32.7 Å². The molecular weight excluding hydrogens is 150 g/mol. The van der Waals surface area contributed by atoms with Gasteiger partial charge >= 0.3 is 0 Å². The van der Waals surface area contributed by atoms with Crippen LogP contribution in [0.1, 0.15) is 25.7 Å². The standard InChI is InChI=1S/C10H19NO/c1-4-6-9(11-2)10(12-3)7-5-8-10/h4,9,11H,1,5-8H2,2-3H3. The summed E-state index contributed by atoms with van der Waals surface area (Å²) in [5, 5.41) is 3.30. The van der Waals surface area contributed by atoms with Crippen molar-refractivity contribution in [2.75, 3.05) is 14.2 Å². The Balaban J connectivity index is 2.54. The van der Waals surface area contributed by atoms with Crippen molar-refractivity contribution in [2.24, 2.45) is 0 Å². The monoisotopic (exact) mass is 169 g/mol. The van der Waals surface area contributed by atoms with Crippen molar-refractivity contribution in [1.29, 1.82) is 0 Å². The van der Waals surface area contributed by atoms with Crippen LogP contribution in [0.15, 0.2) is 12.7 Å². The van der Waals surface area contributed by atoms with Crippen molar-refractivity contribution >= 4 is 0 Å². The minimum atomic E-state index is 0.100. The largest absolute Gasteiger partial charge is 0.377 e. The summed E-state index contributed by atoms with van der Waals surface area (Å²) in [5.41, 5.74) is 0.100. The Morgan fingerprint density at radius 2 is 2.33 bits per heavy atom. The molecule has 0 saturated heterocycles. The van der Waals surface area contributed by atoms with Gasteiger partial charge < -0.3 is 10.1 Å². The van der Waals surface area contributed by atoms with E-state index >= 15 is 0 Å². The molecule has 0 heterocycles. The van der Waals surface area contributed by atoms with Crippen LogP contribution >= 0.6 is 0 Å². The van der Waals surface area contributed by atoms with Crippen LogP contribution in [0.5, 0.6) is 0 Å². The summed E-state index contributed by atoms with van der Waals surface area (Å²) in [5.74, 6) is 0. The molecule has 1 aliphatic rings. The van der Waals surface area contributed by atoms with Gasteiger partial charge in [-0.2, -0.15) is 0 Å². The third-order valence-corrected chi connectivity index (χ3v) is 2.99. The Morgan fingerprint density at radius 1 is 1.67 bits per heavy atom. The molecule has 1 unspecified atom stereocenters. The van der Waals surface area contributed by atoms with Crippen LogP contribution in [0.2, 0.25) is 0 Å². The molecular formula is C10H19NO. The van der Waals surface area contributed by atoms with E-state index in [9.17, 15) is 0 Å². The molecule has 1 saturated carbocycles. The first-order valence-electron chi connectivity index (χ1n) is 4.62. The highest BCUT2D eigenvalue weighted by atomic mass is 16.5. The quantitative estimate of drug-likeness (QED) is 0.633. The average molecular weight is 169 g/mol. The highest BCUT2D eigenvalue weighted by Gasteiger charge is 2.42. The van der Waals surface area contributed by atoms with Gasteiger partial charge in [-0.15, -0.1) is 6.58 Å². The molecule has 1 atom stereocenters. The number of hydrogen-bond acceptors (Lipinski definition) is 2. The minimum absolute atomic E-state index is 0.100. The first-order chi connectivity index (χ1) is 5.79. The van der Waals surface area contributed by atoms with E-state index in [4.69, 9.17) is 4.74 Å². The molecule has 12 heavy (non-hydrogen) atoms. The van der Waals surface area contributed by atoms with Crippen molar-refractivity contribution in [3.05, 3.63) is 12.7 Å². The number of methoxy groups -OCH3 is 1. The smallest absolute Gasteiger partial charge is 0.0833 e. The molecule has 1 rings (SSSR count). The Labute approximate surface area is 75.0 Å². The van der Waals surface area contributed by atoms with Crippen LogP contribution in [0.4, 0.5) is 0 Å². The molecule has 0 amide bonds. The predicted molar refractivity (Wildman–Crippen MR) is 51.3 cm³/mol. The Hall–Kier alpha value is -0.340. The summed E-state index contributed by atoms with van der Waals surface area (Å²) in [4.78, 5) is 0. The van der Waals surface area contributed by atoms with Crippen LogP contribution in [-0.4, -0.2) is 25.8 Å². The Bertz CT molecular complexity index is 146. The van der Waals surface area contributed by atoms with Gasteiger partial charge in [0.15, 0.2) is 0 Å². The number of nitrogens with one attached hydrogen (secondary N) is 1. The summed E-state index contributed by atoms with van der Waals surface area (Å²) in [6.45, 7) is 3.76. The fourth-order valence-electron chi connectivity index (χ4n) is 1.98. The van der Waals surface area contributed by atoms with Gasteiger partial charge in [0.1, 0.15) is 0 Å². The van der Waals surface area contributed by atoms with Gasteiger partial charge in [0, 0.05) is 13.2 Å². The molecule has 0 spiro atoms. The summed E-state index contributed by atoms with van der Waals surface area (Å²) in [6, 6.07) is 0.439. The lowest BCUT2D eigenvalue weighted by Crippen LogP contribution is -2.55. The lowest BCUT2D eigenvalue weighted by molar-refractivity contribution is -0.0960. The molecule has 2 nitrogen and oxygen atoms in total. The molecule has 1 aliphatic carbocycles. The van der Waals surface area contributed by atoms with E-state index < -0.39 is 0 Å². The Morgan fingerprint density at radius 3 is 2.58 bits per heavy atom. The fourth-order valence-corrected chi connectivity index (χ4v) is 1.98. The van der Waals surface area contributed by atoms with E-state index in [1.807, 2.05) is 20.2 Å². The first kappa shape index (κ1) is 9.75. The van der Waals surface area contributed by atoms with E-state index in [0.29, 0.717) is 6.04 Å². The van der Waals surface area contributed by atoms with Crippen molar-refractivity contribution in [2.45, 2.75) is 37.3 Å². The number of rotatable bonds is 5. The third-order valence-electron chi connectivity index (χ3n) is 2.99. The van der Waals surface area contributed by atoms with Gasteiger partial charge in [-0.3, -0.25) is 0 Å². The van der Waals surface area contributed by atoms with Crippen LogP contribution in [0, 0.1) is 0 Å². The van der Waals surface area contributed by atoms with E-state index in [-0.39, 0.29) is 5.60 Å². The Kier molecular flexibility index (Phi) is 3.29. The van der Waals surface area contributed by atoms with Crippen molar-refractivity contribution in [3.8, 4) is 0 Å². The predicted octanol–water partition coefficient (Wildman–Crippen LogP) is 1.72. The number of ether oxygens (including phenoxy) is 1. The van der Waals surface area contributed by atoms with Gasteiger partial charge in [0.2, 0.25) is 0 Å². The molecule has 1 N–H and O–H groups in total. The van der Waals surface area contributed by atoms with Crippen molar-refractivity contribution in [1.82, 2.24) is 5.32 Å². The van der Waals surface area contributed by atoms with Gasteiger partial charge in [0.05, 0.1) is 5.60 Å². The maximum atomic E-state index is 5.57. The second-order valence-electron chi connectivity index (χ2n) is 3.49. The van der Waals surface area contributed by atoms with E-state index in [0.717, 1.165) is 6.42 Å². The van der Waals surface area contributed by atoms with Crippen LogP contribution < -0.4 is 5.32 Å². The van der Waals surface area contributed by atoms with E-state index in [1.165, 1.54) is 19.3 Å².